The van der Waals surface area contributed by atoms with Gasteiger partial charge in [0.25, 0.3) is 0 Å². The zero-order chi connectivity index (χ0) is 13.6. The van der Waals surface area contributed by atoms with Crippen LogP contribution in [0.4, 0.5) is 0 Å². The maximum absolute atomic E-state index is 10.6. The van der Waals surface area contributed by atoms with E-state index in [2.05, 4.69) is 11.0 Å². The molecule has 0 radical (unpaired) electrons. The molecule has 1 rings (SSSR count). The topological polar surface area (TPSA) is 64.3 Å². The normalized spacial score (nSPS) is 15.7. The summed E-state index contributed by atoms with van der Waals surface area (Å²) in [7, 11) is 0. The number of carboxylic acids is 1. The molecule has 0 saturated heterocycles. The van der Waals surface area contributed by atoms with Crippen molar-refractivity contribution in [3.63, 3.8) is 0 Å². The van der Waals surface area contributed by atoms with Gasteiger partial charge in [0, 0.05) is 12.6 Å². The van der Waals surface area contributed by atoms with Crippen molar-refractivity contribution < 1.29 is 9.90 Å². The van der Waals surface area contributed by atoms with Gasteiger partial charge in [0.15, 0.2) is 0 Å². The number of nitrogens with zero attached hydrogens (tertiary/aromatic N) is 2. The molecule has 0 heterocycles. The summed E-state index contributed by atoms with van der Waals surface area (Å²) < 4.78 is 0. The van der Waals surface area contributed by atoms with Crippen LogP contribution in [0, 0.1) is 16.7 Å². The van der Waals surface area contributed by atoms with Crippen LogP contribution in [-0.4, -0.2) is 35.1 Å². The molecule has 1 saturated carbocycles. The second-order valence-electron chi connectivity index (χ2n) is 5.86. The standard InChI is InChI=1S/C14H24N2O2/c1-14(2,11-15)8-3-4-9-16(12-5-6-12)10-7-13(17)18/h12H,3-10H2,1-2H3,(H,17,18). The van der Waals surface area contributed by atoms with E-state index in [0.29, 0.717) is 12.6 Å². The van der Waals surface area contributed by atoms with Gasteiger partial charge < -0.3 is 5.11 Å². The average molecular weight is 252 g/mol. The molecule has 0 aromatic heterocycles. The summed E-state index contributed by atoms with van der Waals surface area (Å²) in [6, 6.07) is 2.93. The molecule has 0 unspecified atom stereocenters. The molecule has 4 heteroatoms. The van der Waals surface area contributed by atoms with Crippen molar-refractivity contribution >= 4 is 5.97 Å². The molecule has 0 aromatic rings. The third-order valence-corrected chi connectivity index (χ3v) is 3.48. The Bertz CT molecular complexity index is 316. The minimum atomic E-state index is -0.716. The number of nitriles is 1. The summed E-state index contributed by atoms with van der Waals surface area (Å²) in [5.41, 5.74) is -0.231. The van der Waals surface area contributed by atoms with Crippen molar-refractivity contribution in [2.45, 2.75) is 58.4 Å². The summed E-state index contributed by atoms with van der Waals surface area (Å²) >= 11 is 0. The second kappa shape index (κ2) is 6.75. The minimum Gasteiger partial charge on any atom is -0.481 e. The van der Waals surface area contributed by atoms with E-state index in [0.717, 1.165) is 25.8 Å². The van der Waals surface area contributed by atoms with Gasteiger partial charge in [-0.05, 0) is 46.1 Å². The van der Waals surface area contributed by atoms with Gasteiger partial charge in [-0.3, -0.25) is 9.69 Å². The maximum Gasteiger partial charge on any atom is 0.304 e. The molecule has 0 aliphatic heterocycles. The van der Waals surface area contributed by atoms with Crippen LogP contribution in [-0.2, 0) is 4.79 Å². The summed E-state index contributed by atoms with van der Waals surface area (Å²) in [5.74, 6) is -0.716. The lowest BCUT2D eigenvalue weighted by atomic mass is 9.89. The number of carboxylic acid groups (broad SMARTS) is 1. The highest BCUT2D eigenvalue weighted by Crippen LogP contribution is 2.28. The Morgan fingerprint density at radius 3 is 2.56 bits per heavy atom. The third-order valence-electron chi connectivity index (χ3n) is 3.48. The van der Waals surface area contributed by atoms with E-state index in [9.17, 15) is 4.79 Å². The quantitative estimate of drug-likeness (QED) is 0.641. The molecule has 1 aliphatic carbocycles. The number of hydrogen-bond acceptors (Lipinski definition) is 3. The Kier molecular flexibility index (Phi) is 5.61. The molecule has 0 bridgehead atoms. The molecule has 0 atom stereocenters. The molecule has 1 aliphatic rings. The molecule has 0 aromatic carbocycles. The van der Waals surface area contributed by atoms with Crippen LogP contribution in [0.5, 0.6) is 0 Å². The smallest absolute Gasteiger partial charge is 0.304 e. The fourth-order valence-corrected chi connectivity index (χ4v) is 2.09. The van der Waals surface area contributed by atoms with Crippen molar-refractivity contribution in [1.29, 1.82) is 5.26 Å². The van der Waals surface area contributed by atoms with Gasteiger partial charge in [-0.1, -0.05) is 6.42 Å². The first kappa shape index (κ1) is 15.0. The predicted molar refractivity (Wildman–Crippen MR) is 70.1 cm³/mol. The van der Waals surface area contributed by atoms with Crippen LogP contribution >= 0.6 is 0 Å². The van der Waals surface area contributed by atoms with E-state index in [1.165, 1.54) is 12.8 Å². The van der Waals surface area contributed by atoms with Crippen molar-refractivity contribution in [2.24, 2.45) is 5.41 Å². The highest BCUT2D eigenvalue weighted by Gasteiger charge is 2.28. The summed E-state index contributed by atoms with van der Waals surface area (Å²) in [6.45, 7) is 5.58. The van der Waals surface area contributed by atoms with Gasteiger partial charge in [-0.25, -0.2) is 0 Å². The largest absolute Gasteiger partial charge is 0.481 e. The van der Waals surface area contributed by atoms with E-state index in [4.69, 9.17) is 10.4 Å². The predicted octanol–water partition coefficient (Wildman–Crippen LogP) is 2.65. The Morgan fingerprint density at radius 2 is 2.06 bits per heavy atom. The highest BCUT2D eigenvalue weighted by molar-refractivity contribution is 5.66. The number of rotatable bonds is 9. The van der Waals surface area contributed by atoms with Gasteiger partial charge >= 0.3 is 5.97 Å². The van der Waals surface area contributed by atoms with Crippen molar-refractivity contribution in [2.75, 3.05) is 13.1 Å². The zero-order valence-corrected chi connectivity index (χ0v) is 11.5. The first-order chi connectivity index (χ1) is 8.44. The average Bonchev–Trinajstić information content (AvgIpc) is 3.12. The first-order valence-corrected chi connectivity index (χ1v) is 6.82. The van der Waals surface area contributed by atoms with Crippen molar-refractivity contribution in [3.8, 4) is 6.07 Å². The van der Waals surface area contributed by atoms with Gasteiger partial charge in [0.1, 0.15) is 0 Å². The SMILES string of the molecule is CC(C)(C#N)CCCCN(CCC(=O)O)C1CC1. The van der Waals surface area contributed by atoms with Crippen LogP contribution in [0.2, 0.25) is 0 Å². The Hall–Kier alpha value is -1.08. The van der Waals surface area contributed by atoms with Crippen LogP contribution in [0.3, 0.4) is 0 Å². The number of aliphatic carboxylic acids is 1. The minimum absolute atomic E-state index is 0.231. The highest BCUT2D eigenvalue weighted by atomic mass is 16.4. The van der Waals surface area contributed by atoms with Gasteiger partial charge in [-0.2, -0.15) is 5.26 Å². The molecule has 18 heavy (non-hydrogen) atoms. The Morgan fingerprint density at radius 1 is 1.39 bits per heavy atom. The van der Waals surface area contributed by atoms with E-state index in [1.54, 1.807) is 0 Å². The molecular formula is C14H24N2O2. The van der Waals surface area contributed by atoms with E-state index in [-0.39, 0.29) is 11.8 Å². The Balaban J connectivity index is 2.18. The lowest BCUT2D eigenvalue weighted by Crippen LogP contribution is -2.29. The number of unbranched alkanes of at least 4 members (excludes halogenated alkanes) is 1. The molecular weight excluding hydrogens is 228 g/mol. The second-order valence-corrected chi connectivity index (χ2v) is 5.86. The zero-order valence-electron chi connectivity index (χ0n) is 11.5. The fourth-order valence-electron chi connectivity index (χ4n) is 2.09. The first-order valence-electron chi connectivity index (χ1n) is 6.82. The molecule has 0 amide bonds. The van der Waals surface area contributed by atoms with E-state index in [1.807, 2.05) is 13.8 Å². The lowest BCUT2D eigenvalue weighted by molar-refractivity contribution is -0.137. The molecule has 0 spiro atoms. The maximum atomic E-state index is 10.6. The van der Waals surface area contributed by atoms with Crippen molar-refractivity contribution in [1.82, 2.24) is 4.90 Å². The number of carbonyl (C=O) groups is 1. The van der Waals surface area contributed by atoms with E-state index >= 15 is 0 Å². The van der Waals surface area contributed by atoms with Gasteiger partial charge in [0.05, 0.1) is 17.9 Å². The molecule has 4 nitrogen and oxygen atoms in total. The van der Waals surface area contributed by atoms with Crippen LogP contribution < -0.4 is 0 Å². The molecule has 102 valence electrons. The number of hydrogen-bond donors (Lipinski definition) is 1. The van der Waals surface area contributed by atoms with Crippen LogP contribution in [0.1, 0.15) is 52.4 Å². The van der Waals surface area contributed by atoms with Crippen LogP contribution in [0.25, 0.3) is 0 Å². The molecule has 1 fully saturated rings. The Labute approximate surface area is 110 Å². The van der Waals surface area contributed by atoms with Gasteiger partial charge in [-0.15, -0.1) is 0 Å². The van der Waals surface area contributed by atoms with Crippen molar-refractivity contribution in [3.05, 3.63) is 0 Å². The lowest BCUT2D eigenvalue weighted by Gasteiger charge is -2.22. The van der Waals surface area contributed by atoms with E-state index < -0.39 is 5.97 Å². The molecule has 1 N–H and O–H groups in total. The summed E-state index contributed by atoms with van der Waals surface area (Å²) in [6.07, 6.45) is 5.67. The fraction of sp³-hybridized carbons (Fsp3) is 0.857. The van der Waals surface area contributed by atoms with Gasteiger partial charge in [0.2, 0.25) is 0 Å². The monoisotopic (exact) mass is 252 g/mol. The summed E-state index contributed by atoms with van der Waals surface area (Å²) in [5, 5.41) is 17.6. The summed E-state index contributed by atoms with van der Waals surface area (Å²) in [4.78, 5) is 12.9. The third kappa shape index (κ3) is 6.02. The van der Waals surface area contributed by atoms with Crippen LogP contribution in [0.15, 0.2) is 0 Å².